The maximum absolute atomic E-state index is 11.8. The standard InChI is InChI=1S/C19H27NO7/c1-4-26-18(22)6-5-11-20-17(21)13-27-19(23)10-8-14-7-9-15(24-2)16(12-14)25-3/h7,9,12H,4-6,8,10-11,13H2,1-3H3,(H,20,21). The molecule has 150 valence electrons. The number of amides is 1. The Morgan fingerprint density at radius 1 is 0.963 bits per heavy atom. The second kappa shape index (κ2) is 12.6. The van der Waals surface area contributed by atoms with Gasteiger partial charge in [0.05, 0.1) is 20.8 Å². The summed E-state index contributed by atoms with van der Waals surface area (Å²) in [6.45, 7) is 2.05. The van der Waals surface area contributed by atoms with Gasteiger partial charge >= 0.3 is 11.9 Å². The van der Waals surface area contributed by atoms with Gasteiger partial charge in [-0.15, -0.1) is 0 Å². The minimum atomic E-state index is -0.466. The van der Waals surface area contributed by atoms with Gasteiger partial charge in [0.2, 0.25) is 0 Å². The van der Waals surface area contributed by atoms with E-state index in [2.05, 4.69) is 5.32 Å². The minimum absolute atomic E-state index is 0.144. The molecule has 1 amide bonds. The molecular weight excluding hydrogens is 354 g/mol. The zero-order valence-electron chi connectivity index (χ0n) is 16.0. The van der Waals surface area contributed by atoms with Crippen molar-refractivity contribution in [2.45, 2.75) is 32.6 Å². The summed E-state index contributed by atoms with van der Waals surface area (Å²) in [7, 11) is 3.10. The maximum atomic E-state index is 11.8. The van der Waals surface area contributed by atoms with Crippen LogP contribution in [0.5, 0.6) is 11.5 Å². The van der Waals surface area contributed by atoms with Gasteiger partial charge in [0.25, 0.3) is 5.91 Å². The van der Waals surface area contributed by atoms with E-state index in [1.165, 1.54) is 0 Å². The quantitative estimate of drug-likeness (QED) is 0.434. The first-order valence-electron chi connectivity index (χ1n) is 8.79. The Hall–Kier alpha value is -2.77. The highest BCUT2D eigenvalue weighted by Gasteiger charge is 2.10. The van der Waals surface area contributed by atoms with Crippen molar-refractivity contribution in [2.24, 2.45) is 0 Å². The van der Waals surface area contributed by atoms with Crippen LogP contribution in [-0.4, -0.2) is 51.8 Å². The molecule has 0 aromatic heterocycles. The largest absolute Gasteiger partial charge is 0.493 e. The van der Waals surface area contributed by atoms with Crippen LogP contribution in [0.2, 0.25) is 0 Å². The van der Waals surface area contributed by atoms with Gasteiger partial charge in [0, 0.05) is 19.4 Å². The fraction of sp³-hybridized carbons (Fsp3) is 0.526. The molecule has 0 radical (unpaired) electrons. The fourth-order valence-electron chi connectivity index (χ4n) is 2.25. The van der Waals surface area contributed by atoms with Gasteiger partial charge in [0.1, 0.15) is 0 Å². The SMILES string of the molecule is CCOC(=O)CCCNC(=O)COC(=O)CCc1ccc(OC)c(OC)c1. The van der Waals surface area contributed by atoms with Crippen LogP contribution in [0.3, 0.4) is 0 Å². The predicted octanol–water partition coefficient (Wildman–Crippen LogP) is 1.64. The molecule has 1 aromatic carbocycles. The smallest absolute Gasteiger partial charge is 0.306 e. The summed E-state index contributed by atoms with van der Waals surface area (Å²) < 4.78 is 20.1. The highest BCUT2D eigenvalue weighted by atomic mass is 16.5. The Balaban J connectivity index is 2.23. The number of hydrogen-bond acceptors (Lipinski definition) is 7. The molecular formula is C19H27NO7. The van der Waals surface area contributed by atoms with Gasteiger partial charge in [-0.05, 0) is 37.5 Å². The number of carbonyl (C=O) groups excluding carboxylic acids is 3. The lowest BCUT2D eigenvalue weighted by molar-refractivity contribution is -0.148. The number of rotatable bonds is 12. The number of ether oxygens (including phenoxy) is 4. The van der Waals surface area contributed by atoms with Crippen LogP contribution in [0.1, 0.15) is 31.7 Å². The second-order valence-electron chi connectivity index (χ2n) is 5.61. The van der Waals surface area contributed by atoms with E-state index in [0.29, 0.717) is 37.5 Å². The minimum Gasteiger partial charge on any atom is -0.493 e. The lowest BCUT2D eigenvalue weighted by Gasteiger charge is -2.09. The molecule has 1 aromatic rings. The maximum Gasteiger partial charge on any atom is 0.306 e. The number of carbonyl (C=O) groups is 3. The van der Waals surface area contributed by atoms with Gasteiger partial charge in [-0.25, -0.2) is 0 Å². The molecule has 8 heteroatoms. The molecule has 0 saturated carbocycles. The monoisotopic (exact) mass is 381 g/mol. The summed E-state index contributed by atoms with van der Waals surface area (Å²) in [6, 6.07) is 5.40. The van der Waals surface area contributed by atoms with Crippen LogP contribution in [0.25, 0.3) is 0 Å². The zero-order chi connectivity index (χ0) is 20.1. The topological polar surface area (TPSA) is 100 Å². The van der Waals surface area contributed by atoms with Crippen LogP contribution in [0, 0.1) is 0 Å². The van der Waals surface area contributed by atoms with Crippen molar-refractivity contribution in [1.29, 1.82) is 0 Å². The molecule has 0 aliphatic heterocycles. The molecule has 0 bridgehead atoms. The van der Waals surface area contributed by atoms with Gasteiger partial charge in [-0.3, -0.25) is 14.4 Å². The van der Waals surface area contributed by atoms with E-state index in [1.807, 2.05) is 6.07 Å². The number of esters is 2. The average Bonchev–Trinajstić information content (AvgIpc) is 2.67. The first kappa shape index (κ1) is 22.3. The van der Waals surface area contributed by atoms with Crippen molar-refractivity contribution in [2.75, 3.05) is 34.0 Å². The van der Waals surface area contributed by atoms with Crippen molar-refractivity contribution in [3.05, 3.63) is 23.8 Å². The van der Waals surface area contributed by atoms with E-state index in [-0.39, 0.29) is 25.4 Å². The second-order valence-corrected chi connectivity index (χ2v) is 5.61. The Labute approximate surface area is 159 Å². The van der Waals surface area contributed by atoms with E-state index >= 15 is 0 Å². The lowest BCUT2D eigenvalue weighted by Crippen LogP contribution is -2.30. The molecule has 1 rings (SSSR count). The van der Waals surface area contributed by atoms with Crippen molar-refractivity contribution in [3.8, 4) is 11.5 Å². The van der Waals surface area contributed by atoms with Crippen LogP contribution >= 0.6 is 0 Å². The lowest BCUT2D eigenvalue weighted by atomic mass is 10.1. The van der Waals surface area contributed by atoms with E-state index in [0.717, 1.165) is 5.56 Å². The Morgan fingerprint density at radius 2 is 1.67 bits per heavy atom. The first-order chi connectivity index (χ1) is 13.0. The molecule has 0 heterocycles. The third-order valence-corrected chi connectivity index (χ3v) is 3.62. The third-order valence-electron chi connectivity index (χ3n) is 3.62. The van der Waals surface area contributed by atoms with E-state index in [9.17, 15) is 14.4 Å². The number of nitrogens with one attached hydrogen (secondary N) is 1. The van der Waals surface area contributed by atoms with Gasteiger partial charge in [-0.2, -0.15) is 0 Å². The molecule has 0 aliphatic rings. The van der Waals surface area contributed by atoms with Crippen molar-refractivity contribution < 1.29 is 33.3 Å². The van der Waals surface area contributed by atoms with Crippen LogP contribution in [-0.2, 0) is 30.3 Å². The highest BCUT2D eigenvalue weighted by molar-refractivity contribution is 5.80. The number of benzene rings is 1. The summed E-state index contributed by atoms with van der Waals surface area (Å²) in [6.07, 6.45) is 1.31. The normalized spacial score (nSPS) is 10.0. The van der Waals surface area contributed by atoms with Crippen molar-refractivity contribution in [1.82, 2.24) is 5.32 Å². The molecule has 0 fully saturated rings. The van der Waals surface area contributed by atoms with Gasteiger partial charge < -0.3 is 24.3 Å². The summed E-state index contributed by atoms with van der Waals surface area (Å²) in [4.78, 5) is 34.5. The molecule has 0 unspecified atom stereocenters. The van der Waals surface area contributed by atoms with Crippen molar-refractivity contribution >= 4 is 17.8 Å². The predicted molar refractivity (Wildman–Crippen MR) is 97.7 cm³/mol. The van der Waals surface area contributed by atoms with E-state index in [4.69, 9.17) is 18.9 Å². The summed E-state index contributed by atoms with van der Waals surface area (Å²) >= 11 is 0. The highest BCUT2D eigenvalue weighted by Crippen LogP contribution is 2.27. The van der Waals surface area contributed by atoms with Crippen LogP contribution < -0.4 is 14.8 Å². The summed E-state index contributed by atoms with van der Waals surface area (Å²) in [5, 5.41) is 2.58. The molecule has 0 atom stereocenters. The number of methoxy groups -OCH3 is 2. The van der Waals surface area contributed by atoms with Crippen LogP contribution in [0.4, 0.5) is 0 Å². The van der Waals surface area contributed by atoms with Crippen molar-refractivity contribution in [3.63, 3.8) is 0 Å². The summed E-state index contributed by atoms with van der Waals surface area (Å²) in [5.41, 5.74) is 0.896. The van der Waals surface area contributed by atoms with Gasteiger partial charge in [-0.1, -0.05) is 6.07 Å². The molecule has 0 spiro atoms. The third kappa shape index (κ3) is 8.94. The van der Waals surface area contributed by atoms with Gasteiger partial charge in [0.15, 0.2) is 18.1 Å². The average molecular weight is 381 g/mol. The first-order valence-corrected chi connectivity index (χ1v) is 8.79. The Morgan fingerprint density at radius 3 is 2.33 bits per heavy atom. The number of hydrogen-bond donors (Lipinski definition) is 1. The summed E-state index contributed by atoms with van der Waals surface area (Å²) in [5.74, 6) is 0.0344. The fourth-order valence-corrected chi connectivity index (χ4v) is 2.25. The molecule has 1 N–H and O–H groups in total. The zero-order valence-corrected chi connectivity index (χ0v) is 16.0. The molecule has 27 heavy (non-hydrogen) atoms. The van der Waals surface area contributed by atoms with Crippen LogP contribution in [0.15, 0.2) is 18.2 Å². The molecule has 0 aliphatic carbocycles. The Kier molecular flexibility index (Phi) is 10.4. The molecule has 8 nitrogen and oxygen atoms in total. The van der Waals surface area contributed by atoms with E-state index in [1.54, 1.807) is 33.3 Å². The number of aryl methyl sites for hydroxylation is 1. The molecule has 0 saturated heterocycles. The van der Waals surface area contributed by atoms with E-state index < -0.39 is 11.9 Å². The Bertz CT molecular complexity index is 630.